The summed E-state index contributed by atoms with van der Waals surface area (Å²) < 4.78 is 2.02. The number of rotatable bonds is 5. The number of nitrogens with one attached hydrogen (secondary N) is 1. The molecule has 0 saturated heterocycles. The van der Waals surface area contributed by atoms with Gasteiger partial charge in [0, 0.05) is 25.5 Å². The van der Waals surface area contributed by atoms with Crippen LogP contribution in [0.1, 0.15) is 13.8 Å². The highest BCUT2D eigenvalue weighted by atomic mass is 16.2. The van der Waals surface area contributed by atoms with Crippen molar-refractivity contribution in [3.8, 4) is 0 Å². The van der Waals surface area contributed by atoms with Gasteiger partial charge < -0.3 is 15.6 Å². The molecule has 0 saturated carbocycles. The Bertz CT molecular complexity index is 293. The van der Waals surface area contributed by atoms with Crippen LogP contribution in [0, 0.1) is 5.92 Å². The second-order valence-electron chi connectivity index (χ2n) is 3.98. The molecule has 0 aliphatic rings. The SMILES string of the molecule is CC(C)[C@H](N)C(=O)NCCn1cccc1. The van der Waals surface area contributed by atoms with Crippen LogP contribution < -0.4 is 11.1 Å². The molecule has 84 valence electrons. The number of nitrogens with zero attached hydrogens (tertiary/aromatic N) is 1. The van der Waals surface area contributed by atoms with Crippen molar-refractivity contribution in [1.29, 1.82) is 0 Å². The maximum atomic E-state index is 11.5. The number of nitrogens with two attached hydrogens (primary N) is 1. The van der Waals surface area contributed by atoms with Crippen LogP contribution in [0.2, 0.25) is 0 Å². The van der Waals surface area contributed by atoms with Gasteiger partial charge in [-0.2, -0.15) is 0 Å². The molecule has 4 nitrogen and oxygen atoms in total. The highest BCUT2D eigenvalue weighted by molar-refractivity contribution is 5.81. The first-order chi connectivity index (χ1) is 7.11. The van der Waals surface area contributed by atoms with Crippen molar-refractivity contribution in [1.82, 2.24) is 9.88 Å². The first-order valence-corrected chi connectivity index (χ1v) is 5.25. The fraction of sp³-hybridized carbons (Fsp3) is 0.545. The summed E-state index contributed by atoms with van der Waals surface area (Å²) in [6.07, 6.45) is 3.93. The molecular weight excluding hydrogens is 190 g/mol. The lowest BCUT2D eigenvalue weighted by Crippen LogP contribution is -2.44. The van der Waals surface area contributed by atoms with E-state index in [1.165, 1.54) is 0 Å². The molecular formula is C11H19N3O. The number of aromatic nitrogens is 1. The smallest absolute Gasteiger partial charge is 0.237 e. The second-order valence-corrected chi connectivity index (χ2v) is 3.98. The van der Waals surface area contributed by atoms with Gasteiger partial charge in [-0.3, -0.25) is 4.79 Å². The maximum absolute atomic E-state index is 11.5. The van der Waals surface area contributed by atoms with Gasteiger partial charge in [-0.05, 0) is 18.1 Å². The Labute approximate surface area is 90.5 Å². The Morgan fingerprint density at radius 2 is 2.00 bits per heavy atom. The third kappa shape index (κ3) is 3.75. The quantitative estimate of drug-likeness (QED) is 0.745. The Kier molecular flexibility index (Phi) is 4.37. The van der Waals surface area contributed by atoms with E-state index in [9.17, 15) is 4.79 Å². The van der Waals surface area contributed by atoms with Crippen LogP contribution in [0.15, 0.2) is 24.5 Å². The summed E-state index contributed by atoms with van der Waals surface area (Å²) in [5.74, 6) is 0.105. The van der Waals surface area contributed by atoms with Crippen molar-refractivity contribution in [3.63, 3.8) is 0 Å². The molecule has 0 aliphatic carbocycles. The average molecular weight is 209 g/mol. The molecule has 1 aromatic heterocycles. The van der Waals surface area contributed by atoms with Crippen molar-refractivity contribution in [2.75, 3.05) is 6.54 Å². The highest BCUT2D eigenvalue weighted by Gasteiger charge is 2.15. The van der Waals surface area contributed by atoms with E-state index in [-0.39, 0.29) is 11.8 Å². The van der Waals surface area contributed by atoms with Crippen molar-refractivity contribution in [2.24, 2.45) is 11.7 Å². The van der Waals surface area contributed by atoms with Crippen molar-refractivity contribution >= 4 is 5.91 Å². The Hall–Kier alpha value is -1.29. The molecule has 4 heteroatoms. The minimum atomic E-state index is -0.408. The number of carbonyl (C=O) groups excluding carboxylic acids is 1. The summed E-state index contributed by atoms with van der Waals surface area (Å²) in [6.45, 7) is 5.28. The van der Waals surface area contributed by atoms with Crippen LogP contribution in [0.3, 0.4) is 0 Å². The van der Waals surface area contributed by atoms with Gasteiger partial charge in [-0.1, -0.05) is 13.8 Å². The van der Waals surface area contributed by atoms with Crippen LogP contribution in [-0.2, 0) is 11.3 Å². The van der Waals surface area contributed by atoms with E-state index in [0.717, 1.165) is 6.54 Å². The lowest BCUT2D eigenvalue weighted by atomic mass is 10.1. The van der Waals surface area contributed by atoms with Crippen LogP contribution in [0.5, 0.6) is 0 Å². The molecule has 15 heavy (non-hydrogen) atoms. The van der Waals surface area contributed by atoms with Crippen molar-refractivity contribution in [3.05, 3.63) is 24.5 Å². The molecule has 1 atom stereocenters. The normalized spacial score (nSPS) is 12.8. The molecule has 1 heterocycles. The van der Waals surface area contributed by atoms with Gasteiger partial charge in [-0.15, -0.1) is 0 Å². The van der Waals surface area contributed by atoms with Crippen LogP contribution in [0.25, 0.3) is 0 Å². The molecule has 0 radical (unpaired) electrons. The maximum Gasteiger partial charge on any atom is 0.237 e. The minimum absolute atomic E-state index is 0.0721. The molecule has 0 fully saturated rings. The Balaban J connectivity index is 2.23. The standard InChI is InChI=1S/C11H19N3O/c1-9(2)10(12)11(15)13-5-8-14-6-3-4-7-14/h3-4,6-7,9-10H,5,8,12H2,1-2H3,(H,13,15)/t10-/m0/s1. The molecule has 3 N–H and O–H groups in total. The topological polar surface area (TPSA) is 60.1 Å². The van der Waals surface area contributed by atoms with Gasteiger partial charge in [0.15, 0.2) is 0 Å². The lowest BCUT2D eigenvalue weighted by molar-refractivity contribution is -0.123. The Morgan fingerprint density at radius 1 is 1.40 bits per heavy atom. The van der Waals surface area contributed by atoms with Gasteiger partial charge in [0.2, 0.25) is 5.91 Å². The molecule has 1 rings (SSSR count). The minimum Gasteiger partial charge on any atom is -0.353 e. The van der Waals surface area contributed by atoms with E-state index in [1.54, 1.807) is 0 Å². The van der Waals surface area contributed by atoms with Crippen molar-refractivity contribution < 1.29 is 4.79 Å². The summed E-state index contributed by atoms with van der Waals surface area (Å²) in [5.41, 5.74) is 5.70. The lowest BCUT2D eigenvalue weighted by Gasteiger charge is -2.15. The van der Waals surface area contributed by atoms with Gasteiger partial charge in [0.1, 0.15) is 0 Å². The summed E-state index contributed by atoms with van der Waals surface area (Å²) in [5, 5.41) is 2.82. The number of hydrogen-bond donors (Lipinski definition) is 2. The molecule has 0 spiro atoms. The summed E-state index contributed by atoms with van der Waals surface area (Å²) >= 11 is 0. The average Bonchev–Trinajstić information content (AvgIpc) is 2.69. The first-order valence-electron chi connectivity index (χ1n) is 5.25. The summed E-state index contributed by atoms with van der Waals surface area (Å²) in [7, 11) is 0. The third-order valence-electron chi connectivity index (χ3n) is 2.36. The molecule has 1 aromatic rings. The number of carbonyl (C=O) groups is 1. The van der Waals surface area contributed by atoms with E-state index < -0.39 is 6.04 Å². The third-order valence-corrected chi connectivity index (χ3v) is 2.36. The predicted molar refractivity (Wildman–Crippen MR) is 60.3 cm³/mol. The zero-order valence-corrected chi connectivity index (χ0v) is 9.31. The first kappa shape index (κ1) is 11.8. The van der Waals surface area contributed by atoms with Gasteiger partial charge >= 0.3 is 0 Å². The number of amides is 1. The predicted octanol–water partition coefficient (Wildman–Crippen LogP) is 0.588. The van der Waals surface area contributed by atoms with Gasteiger partial charge in [-0.25, -0.2) is 0 Å². The highest BCUT2D eigenvalue weighted by Crippen LogP contribution is 1.97. The molecule has 1 amide bonds. The fourth-order valence-corrected chi connectivity index (χ4v) is 1.25. The van der Waals surface area contributed by atoms with E-state index in [1.807, 2.05) is 42.9 Å². The molecule has 0 aromatic carbocycles. The Morgan fingerprint density at radius 3 is 2.53 bits per heavy atom. The van der Waals surface area contributed by atoms with Gasteiger partial charge in [0.25, 0.3) is 0 Å². The van der Waals surface area contributed by atoms with Crippen molar-refractivity contribution in [2.45, 2.75) is 26.4 Å². The molecule has 0 aliphatic heterocycles. The van der Waals surface area contributed by atoms with Crippen LogP contribution >= 0.6 is 0 Å². The fourth-order valence-electron chi connectivity index (χ4n) is 1.25. The van der Waals surface area contributed by atoms with Gasteiger partial charge in [0.05, 0.1) is 6.04 Å². The van der Waals surface area contributed by atoms with E-state index in [0.29, 0.717) is 6.54 Å². The van der Waals surface area contributed by atoms with E-state index in [4.69, 9.17) is 5.73 Å². The van der Waals surface area contributed by atoms with E-state index >= 15 is 0 Å². The molecule has 0 unspecified atom stereocenters. The number of hydrogen-bond acceptors (Lipinski definition) is 2. The summed E-state index contributed by atoms with van der Waals surface area (Å²) in [6, 6.07) is 3.51. The monoisotopic (exact) mass is 209 g/mol. The largest absolute Gasteiger partial charge is 0.353 e. The van der Waals surface area contributed by atoms with Crippen LogP contribution in [0.4, 0.5) is 0 Å². The molecule has 0 bridgehead atoms. The van der Waals surface area contributed by atoms with E-state index in [2.05, 4.69) is 5.32 Å². The van der Waals surface area contributed by atoms with Crippen LogP contribution in [-0.4, -0.2) is 23.1 Å². The zero-order chi connectivity index (χ0) is 11.3. The second kappa shape index (κ2) is 5.56. The zero-order valence-electron chi connectivity index (χ0n) is 9.31. The summed E-state index contributed by atoms with van der Waals surface area (Å²) in [4.78, 5) is 11.5.